The fourth-order valence-electron chi connectivity index (χ4n) is 1.89. The molecule has 0 spiro atoms. The highest BCUT2D eigenvalue weighted by atomic mass is 16.5. The summed E-state index contributed by atoms with van der Waals surface area (Å²) in [6, 6.07) is 3.73. The van der Waals surface area contributed by atoms with E-state index in [1.165, 1.54) is 0 Å². The van der Waals surface area contributed by atoms with Crippen LogP contribution in [0.5, 0.6) is 11.5 Å². The summed E-state index contributed by atoms with van der Waals surface area (Å²) in [5.74, 6) is 1.17. The zero-order valence-electron chi connectivity index (χ0n) is 11.2. The number of hydrogen-bond donors (Lipinski definition) is 2. The molecule has 1 aromatic carbocycles. The Balaban J connectivity index is 3.15. The molecule has 0 fully saturated rings. The van der Waals surface area contributed by atoms with Crippen LogP contribution in [0, 0.1) is 0 Å². The molecule has 0 saturated heterocycles. The molecule has 3 N–H and O–H groups in total. The van der Waals surface area contributed by atoms with Crippen LogP contribution in [0.4, 0.5) is 0 Å². The molecule has 0 aromatic heterocycles. The lowest BCUT2D eigenvalue weighted by Crippen LogP contribution is -2.12. The van der Waals surface area contributed by atoms with Crippen molar-refractivity contribution >= 4 is 0 Å². The SMILES string of the molecule is COc1cc(C(C)(C)C)c(O)cc1CCCN. The predicted molar refractivity (Wildman–Crippen MR) is 70.7 cm³/mol. The number of methoxy groups -OCH3 is 1. The fourth-order valence-corrected chi connectivity index (χ4v) is 1.89. The second-order valence-electron chi connectivity index (χ2n) is 5.32. The van der Waals surface area contributed by atoms with Gasteiger partial charge < -0.3 is 15.6 Å². The zero-order valence-corrected chi connectivity index (χ0v) is 11.2. The van der Waals surface area contributed by atoms with E-state index in [2.05, 4.69) is 20.8 Å². The van der Waals surface area contributed by atoms with Crippen LogP contribution in [0.2, 0.25) is 0 Å². The van der Waals surface area contributed by atoms with Crippen molar-refractivity contribution in [1.82, 2.24) is 0 Å². The third-order valence-corrected chi connectivity index (χ3v) is 2.86. The van der Waals surface area contributed by atoms with E-state index in [1.54, 1.807) is 13.2 Å². The van der Waals surface area contributed by atoms with Gasteiger partial charge in [0.25, 0.3) is 0 Å². The summed E-state index contributed by atoms with van der Waals surface area (Å²) >= 11 is 0. The lowest BCUT2D eigenvalue weighted by Gasteiger charge is -2.22. The van der Waals surface area contributed by atoms with Crippen molar-refractivity contribution in [3.63, 3.8) is 0 Å². The van der Waals surface area contributed by atoms with Crippen LogP contribution < -0.4 is 10.5 Å². The number of phenols is 1. The molecule has 0 aliphatic carbocycles. The first-order chi connectivity index (χ1) is 7.90. The summed E-state index contributed by atoms with van der Waals surface area (Å²) in [4.78, 5) is 0. The van der Waals surface area contributed by atoms with Gasteiger partial charge in [0.15, 0.2) is 0 Å². The largest absolute Gasteiger partial charge is 0.508 e. The van der Waals surface area contributed by atoms with Gasteiger partial charge in [0.05, 0.1) is 7.11 Å². The summed E-state index contributed by atoms with van der Waals surface area (Å²) < 4.78 is 5.38. The van der Waals surface area contributed by atoms with E-state index in [0.717, 1.165) is 29.7 Å². The van der Waals surface area contributed by atoms with Crippen molar-refractivity contribution in [2.45, 2.75) is 39.0 Å². The number of benzene rings is 1. The number of phenolic OH excluding ortho intramolecular Hbond substituents is 1. The lowest BCUT2D eigenvalue weighted by molar-refractivity contribution is 0.400. The molecule has 0 atom stereocenters. The molecule has 0 unspecified atom stereocenters. The average molecular weight is 237 g/mol. The van der Waals surface area contributed by atoms with Gasteiger partial charge in [-0.1, -0.05) is 20.8 Å². The van der Waals surface area contributed by atoms with Crippen LogP contribution in [-0.2, 0) is 11.8 Å². The standard InChI is InChI=1S/C14H23NO2/c1-14(2,3)11-9-13(17-4)10(6-5-7-15)8-12(11)16/h8-9,16H,5-7,15H2,1-4H3. The first-order valence-electron chi connectivity index (χ1n) is 6.00. The zero-order chi connectivity index (χ0) is 13.1. The van der Waals surface area contributed by atoms with Crippen LogP contribution in [0.15, 0.2) is 12.1 Å². The Labute approximate surface area is 104 Å². The summed E-state index contributed by atoms with van der Waals surface area (Å²) in [6.07, 6.45) is 1.72. The number of rotatable bonds is 4. The van der Waals surface area contributed by atoms with Crippen LogP contribution in [-0.4, -0.2) is 18.8 Å². The summed E-state index contributed by atoms with van der Waals surface area (Å²) in [5.41, 5.74) is 7.33. The Kier molecular flexibility index (Phi) is 4.40. The highest BCUT2D eigenvalue weighted by Crippen LogP contribution is 2.36. The number of aryl methyl sites for hydroxylation is 1. The van der Waals surface area contributed by atoms with Gasteiger partial charge in [0, 0.05) is 5.56 Å². The fraction of sp³-hybridized carbons (Fsp3) is 0.571. The molecule has 0 aliphatic rings. The first kappa shape index (κ1) is 13.8. The van der Waals surface area contributed by atoms with Crippen LogP contribution in [0.1, 0.15) is 38.3 Å². The molecule has 17 heavy (non-hydrogen) atoms. The molecule has 1 rings (SSSR count). The lowest BCUT2D eigenvalue weighted by atomic mass is 9.85. The quantitative estimate of drug-likeness (QED) is 0.846. The average Bonchev–Trinajstić information content (AvgIpc) is 2.24. The van der Waals surface area contributed by atoms with Gasteiger partial charge in [-0.3, -0.25) is 0 Å². The Bertz CT molecular complexity index is 381. The Morgan fingerprint density at radius 3 is 2.41 bits per heavy atom. The highest BCUT2D eigenvalue weighted by molar-refractivity contribution is 5.48. The molecule has 0 aliphatic heterocycles. The van der Waals surface area contributed by atoms with Crippen LogP contribution in [0.25, 0.3) is 0 Å². The van der Waals surface area contributed by atoms with E-state index in [0.29, 0.717) is 12.3 Å². The van der Waals surface area contributed by atoms with Crippen molar-refractivity contribution in [3.8, 4) is 11.5 Å². The third-order valence-electron chi connectivity index (χ3n) is 2.86. The van der Waals surface area contributed by atoms with Crippen molar-refractivity contribution in [1.29, 1.82) is 0 Å². The molecule has 0 radical (unpaired) electrons. The van der Waals surface area contributed by atoms with Crippen LogP contribution in [0.3, 0.4) is 0 Å². The Hall–Kier alpha value is -1.22. The van der Waals surface area contributed by atoms with Gasteiger partial charge in [0.2, 0.25) is 0 Å². The maximum absolute atomic E-state index is 10.1. The van der Waals surface area contributed by atoms with E-state index in [-0.39, 0.29) is 5.41 Å². The third kappa shape index (κ3) is 3.37. The first-order valence-corrected chi connectivity index (χ1v) is 6.00. The maximum atomic E-state index is 10.1. The minimum Gasteiger partial charge on any atom is -0.508 e. The summed E-state index contributed by atoms with van der Waals surface area (Å²) in [5, 5.41) is 10.1. The topological polar surface area (TPSA) is 55.5 Å². The normalized spacial score (nSPS) is 11.6. The van der Waals surface area contributed by atoms with E-state index < -0.39 is 0 Å². The molecule has 0 saturated carbocycles. The molecular weight excluding hydrogens is 214 g/mol. The van der Waals surface area contributed by atoms with Crippen molar-refractivity contribution < 1.29 is 9.84 Å². The van der Waals surface area contributed by atoms with Gasteiger partial charge in [-0.15, -0.1) is 0 Å². The minimum absolute atomic E-state index is 0.0935. The Morgan fingerprint density at radius 2 is 1.94 bits per heavy atom. The molecular formula is C14H23NO2. The smallest absolute Gasteiger partial charge is 0.122 e. The van der Waals surface area contributed by atoms with E-state index in [4.69, 9.17) is 10.5 Å². The minimum atomic E-state index is -0.0935. The van der Waals surface area contributed by atoms with Gasteiger partial charge >= 0.3 is 0 Å². The summed E-state index contributed by atoms with van der Waals surface area (Å²) in [6.45, 7) is 6.86. The molecule has 3 heteroatoms. The van der Waals surface area contributed by atoms with E-state index in [9.17, 15) is 5.11 Å². The Morgan fingerprint density at radius 1 is 1.29 bits per heavy atom. The highest BCUT2D eigenvalue weighted by Gasteiger charge is 2.20. The number of ether oxygens (including phenoxy) is 1. The molecule has 0 amide bonds. The predicted octanol–water partition coefficient (Wildman–Crippen LogP) is 2.59. The number of aromatic hydroxyl groups is 1. The maximum Gasteiger partial charge on any atom is 0.122 e. The van der Waals surface area contributed by atoms with Crippen molar-refractivity contribution in [2.75, 3.05) is 13.7 Å². The van der Waals surface area contributed by atoms with Crippen molar-refractivity contribution in [3.05, 3.63) is 23.3 Å². The second kappa shape index (κ2) is 5.41. The van der Waals surface area contributed by atoms with E-state index in [1.807, 2.05) is 6.07 Å². The van der Waals surface area contributed by atoms with Gasteiger partial charge in [-0.2, -0.15) is 0 Å². The molecule has 1 aromatic rings. The van der Waals surface area contributed by atoms with E-state index >= 15 is 0 Å². The van der Waals surface area contributed by atoms with Crippen LogP contribution >= 0.6 is 0 Å². The number of nitrogens with two attached hydrogens (primary N) is 1. The van der Waals surface area contributed by atoms with Gasteiger partial charge in [-0.25, -0.2) is 0 Å². The van der Waals surface area contributed by atoms with Crippen molar-refractivity contribution in [2.24, 2.45) is 5.73 Å². The molecule has 96 valence electrons. The molecule has 3 nitrogen and oxygen atoms in total. The number of hydrogen-bond acceptors (Lipinski definition) is 3. The van der Waals surface area contributed by atoms with Gasteiger partial charge in [0.1, 0.15) is 11.5 Å². The molecule has 0 bridgehead atoms. The molecule has 0 heterocycles. The monoisotopic (exact) mass is 237 g/mol. The second-order valence-corrected chi connectivity index (χ2v) is 5.32. The summed E-state index contributed by atoms with van der Waals surface area (Å²) in [7, 11) is 1.66. The van der Waals surface area contributed by atoms with Gasteiger partial charge in [-0.05, 0) is 42.5 Å².